The van der Waals surface area contributed by atoms with Crippen molar-refractivity contribution in [1.82, 2.24) is 10.2 Å². The molecule has 120 valence electrons. The molecule has 0 saturated carbocycles. The number of carbonyl (C=O) groups is 2. The molecule has 1 saturated heterocycles. The van der Waals surface area contributed by atoms with Crippen LogP contribution in [0.2, 0.25) is 0 Å². The van der Waals surface area contributed by atoms with E-state index in [1.54, 1.807) is 12.1 Å². The molecule has 22 heavy (non-hydrogen) atoms. The van der Waals surface area contributed by atoms with Crippen molar-refractivity contribution in [3.8, 4) is 5.75 Å². The quantitative estimate of drug-likeness (QED) is 0.622. The Balaban J connectivity index is 1.75. The topological polar surface area (TPSA) is 58.6 Å². The maximum Gasteiger partial charge on any atom is 0.324 e. The van der Waals surface area contributed by atoms with Gasteiger partial charge in [-0.25, -0.2) is 9.18 Å². The summed E-state index contributed by atoms with van der Waals surface area (Å²) in [6.07, 6.45) is 1.18. The fourth-order valence-corrected chi connectivity index (χ4v) is 2.36. The van der Waals surface area contributed by atoms with E-state index in [9.17, 15) is 14.0 Å². The van der Waals surface area contributed by atoms with Crippen LogP contribution < -0.4 is 10.1 Å². The number of urea groups is 1. The van der Waals surface area contributed by atoms with Crippen LogP contribution in [-0.2, 0) is 4.79 Å². The largest absolute Gasteiger partial charge is 0.494 e. The van der Waals surface area contributed by atoms with E-state index in [2.05, 4.69) is 5.32 Å². The third kappa shape index (κ3) is 4.19. The lowest BCUT2D eigenvalue weighted by Crippen LogP contribution is -2.33. The molecule has 2 rings (SSSR count). The van der Waals surface area contributed by atoms with E-state index in [4.69, 9.17) is 4.74 Å². The molecule has 1 aliphatic heterocycles. The van der Waals surface area contributed by atoms with Gasteiger partial charge < -0.3 is 10.1 Å². The summed E-state index contributed by atoms with van der Waals surface area (Å²) in [6.45, 7) is 4.70. The molecule has 1 atom stereocenters. The molecule has 1 aromatic carbocycles. The molecule has 0 bridgehead atoms. The highest BCUT2D eigenvalue weighted by atomic mass is 19.1. The lowest BCUT2D eigenvalue weighted by molar-refractivity contribution is -0.127. The highest BCUT2D eigenvalue weighted by Crippen LogP contribution is 2.15. The van der Waals surface area contributed by atoms with Gasteiger partial charge in [0.15, 0.2) is 0 Å². The number of halogens is 1. The van der Waals surface area contributed by atoms with Gasteiger partial charge in [0, 0.05) is 6.54 Å². The van der Waals surface area contributed by atoms with Crippen molar-refractivity contribution in [2.45, 2.75) is 32.7 Å². The molecule has 0 aromatic heterocycles. The molecular weight excluding hydrogens is 287 g/mol. The molecule has 5 nitrogen and oxygen atoms in total. The van der Waals surface area contributed by atoms with Crippen LogP contribution in [0, 0.1) is 11.7 Å². The number of nitrogens with one attached hydrogen (secondary N) is 1. The first-order chi connectivity index (χ1) is 10.5. The Bertz CT molecular complexity index is 531. The van der Waals surface area contributed by atoms with Gasteiger partial charge in [-0.15, -0.1) is 0 Å². The Morgan fingerprint density at radius 3 is 2.59 bits per heavy atom. The zero-order valence-electron chi connectivity index (χ0n) is 12.8. The summed E-state index contributed by atoms with van der Waals surface area (Å²) in [6, 6.07) is 4.98. The average Bonchev–Trinajstić information content (AvgIpc) is 2.71. The number of nitrogens with zero attached hydrogens (tertiary/aromatic N) is 1. The molecule has 1 aliphatic rings. The van der Waals surface area contributed by atoms with Gasteiger partial charge in [-0.2, -0.15) is 0 Å². The van der Waals surface area contributed by atoms with E-state index in [-0.39, 0.29) is 17.8 Å². The number of benzene rings is 1. The normalized spacial score (nSPS) is 18.0. The van der Waals surface area contributed by atoms with Crippen molar-refractivity contribution in [3.05, 3.63) is 30.1 Å². The van der Waals surface area contributed by atoms with Gasteiger partial charge in [0.05, 0.1) is 6.61 Å². The zero-order valence-corrected chi connectivity index (χ0v) is 12.8. The standard InChI is InChI=1S/C16H21FN2O3/c1-11(2)10-14-15(20)19(16(21)18-14)8-3-9-22-13-6-4-12(17)5-7-13/h4-7,11,14H,3,8-10H2,1-2H3,(H,18,21). The summed E-state index contributed by atoms with van der Waals surface area (Å²) in [4.78, 5) is 25.1. The number of ether oxygens (including phenoxy) is 1. The highest BCUT2D eigenvalue weighted by Gasteiger charge is 2.37. The van der Waals surface area contributed by atoms with E-state index in [0.29, 0.717) is 37.7 Å². The summed E-state index contributed by atoms with van der Waals surface area (Å²) >= 11 is 0. The number of hydrogen-bond donors (Lipinski definition) is 1. The fraction of sp³-hybridized carbons (Fsp3) is 0.500. The van der Waals surface area contributed by atoms with Gasteiger partial charge >= 0.3 is 6.03 Å². The first-order valence-corrected chi connectivity index (χ1v) is 7.47. The average molecular weight is 308 g/mol. The SMILES string of the molecule is CC(C)CC1NC(=O)N(CCCOc2ccc(F)cc2)C1=O. The Morgan fingerprint density at radius 2 is 1.95 bits per heavy atom. The zero-order chi connectivity index (χ0) is 16.1. The van der Waals surface area contributed by atoms with E-state index in [1.165, 1.54) is 17.0 Å². The van der Waals surface area contributed by atoms with Gasteiger partial charge in [0.1, 0.15) is 17.6 Å². The van der Waals surface area contributed by atoms with Crippen LogP contribution in [0.4, 0.5) is 9.18 Å². The number of imide groups is 1. The number of rotatable bonds is 7. The first kappa shape index (κ1) is 16.3. The molecule has 1 aromatic rings. The smallest absolute Gasteiger partial charge is 0.324 e. The summed E-state index contributed by atoms with van der Waals surface area (Å²) in [5.41, 5.74) is 0. The second-order valence-corrected chi connectivity index (χ2v) is 5.78. The minimum Gasteiger partial charge on any atom is -0.494 e. The molecule has 1 fully saturated rings. The second kappa shape index (κ2) is 7.24. The minimum absolute atomic E-state index is 0.166. The molecule has 0 radical (unpaired) electrons. The Labute approximate surface area is 129 Å². The van der Waals surface area contributed by atoms with Crippen molar-refractivity contribution < 1.29 is 18.7 Å². The highest BCUT2D eigenvalue weighted by molar-refractivity contribution is 6.04. The summed E-state index contributed by atoms with van der Waals surface area (Å²) in [5.74, 6) is 0.427. The third-order valence-corrected chi connectivity index (χ3v) is 3.42. The maximum atomic E-state index is 12.7. The van der Waals surface area contributed by atoms with Crippen molar-refractivity contribution in [1.29, 1.82) is 0 Å². The van der Waals surface area contributed by atoms with Crippen LogP contribution in [-0.4, -0.2) is 36.0 Å². The van der Waals surface area contributed by atoms with Crippen LogP contribution in [0.25, 0.3) is 0 Å². The molecule has 6 heteroatoms. The molecule has 1 unspecified atom stereocenters. The molecule has 0 spiro atoms. The summed E-state index contributed by atoms with van der Waals surface area (Å²) in [5, 5.41) is 2.70. The van der Waals surface area contributed by atoms with Crippen molar-refractivity contribution in [2.75, 3.05) is 13.2 Å². The minimum atomic E-state index is -0.412. The van der Waals surface area contributed by atoms with Gasteiger partial charge in [-0.1, -0.05) is 13.8 Å². The summed E-state index contributed by atoms with van der Waals surface area (Å²) < 4.78 is 18.2. The van der Waals surface area contributed by atoms with E-state index in [1.807, 2.05) is 13.8 Å². The molecular formula is C16H21FN2O3. The predicted molar refractivity (Wildman–Crippen MR) is 80.0 cm³/mol. The fourth-order valence-electron chi connectivity index (χ4n) is 2.36. The monoisotopic (exact) mass is 308 g/mol. The lowest BCUT2D eigenvalue weighted by Gasteiger charge is -2.14. The van der Waals surface area contributed by atoms with Gasteiger partial charge in [-0.3, -0.25) is 9.69 Å². The number of amides is 3. The van der Waals surface area contributed by atoms with Crippen LogP contribution in [0.5, 0.6) is 5.75 Å². The predicted octanol–water partition coefficient (Wildman–Crippen LogP) is 2.56. The first-order valence-electron chi connectivity index (χ1n) is 7.47. The molecule has 0 aliphatic carbocycles. The molecule has 1 heterocycles. The van der Waals surface area contributed by atoms with Crippen molar-refractivity contribution in [3.63, 3.8) is 0 Å². The van der Waals surface area contributed by atoms with Gasteiger partial charge in [0.25, 0.3) is 5.91 Å². The van der Waals surface area contributed by atoms with E-state index >= 15 is 0 Å². The van der Waals surface area contributed by atoms with Crippen LogP contribution in [0.1, 0.15) is 26.7 Å². The summed E-state index contributed by atoms with van der Waals surface area (Å²) in [7, 11) is 0. The number of carbonyl (C=O) groups excluding carboxylic acids is 2. The van der Waals surface area contributed by atoms with Gasteiger partial charge in [0.2, 0.25) is 0 Å². The van der Waals surface area contributed by atoms with Crippen LogP contribution in [0.3, 0.4) is 0 Å². The third-order valence-electron chi connectivity index (χ3n) is 3.42. The molecule has 1 N–H and O–H groups in total. The number of hydrogen-bond acceptors (Lipinski definition) is 3. The van der Waals surface area contributed by atoms with Crippen molar-refractivity contribution in [2.24, 2.45) is 5.92 Å². The van der Waals surface area contributed by atoms with E-state index in [0.717, 1.165) is 0 Å². The maximum absolute atomic E-state index is 12.7. The van der Waals surface area contributed by atoms with Crippen LogP contribution in [0.15, 0.2) is 24.3 Å². The van der Waals surface area contributed by atoms with Crippen molar-refractivity contribution >= 4 is 11.9 Å². The van der Waals surface area contributed by atoms with Gasteiger partial charge in [-0.05, 0) is 43.0 Å². The lowest BCUT2D eigenvalue weighted by atomic mass is 10.0. The second-order valence-electron chi connectivity index (χ2n) is 5.78. The Morgan fingerprint density at radius 1 is 1.27 bits per heavy atom. The molecule has 3 amide bonds. The van der Waals surface area contributed by atoms with Crippen LogP contribution >= 0.6 is 0 Å². The van der Waals surface area contributed by atoms with E-state index < -0.39 is 6.04 Å². The Kier molecular flexibility index (Phi) is 5.35. The Hall–Kier alpha value is -2.11.